The summed E-state index contributed by atoms with van der Waals surface area (Å²) in [6, 6.07) is 22.9. The number of nitrogens with zero attached hydrogens (tertiary/aromatic N) is 2. The van der Waals surface area contributed by atoms with E-state index in [1.54, 1.807) is 55.4 Å². The van der Waals surface area contributed by atoms with Crippen molar-refractivity contribution in [3.63, 3.8) is 0 Å². The van der Waals surface area contributed by atoms with Crippen LogP contribution in [0.4, 0.5) is 22.8 Å². The second-order valence-electron chi connectivity index (χ2n) is 15.9. The van der Waals surface area contributed by atoms with Gasteiger partial charge in [-0.05, 0) is 94.5 Å². The molecule has 14 nitrogen and oxygen atoms in total. The number of hydrogen-bond acceptors (Lipinski definition) is 11. The van der Waals surface area contributed by atoms with Gasteiger partial charge in [-0.1, -0.05) is 59.0 Å². The summed E-state index contributed by atoms with van der Waals surface area (Å²) in [5.41, 5.74) is 2.32. The van der Waals surface area contributed by atoms with E-state index in [1.165, 1.54) is 11.1 Å². The fourth-order valence-electron chi connectivity index (χ4n) is 5.12. The molecule has 3 saturated heterocycles. The number of aliphatic carboxylic acids is 1. The van der Waals surface area contributed by atoms with Gasteiger partial charge in [-0.25, -0.2) is 14.4 Å². The molecule has 0 unspecified atom stereocenters. The molecule has 0 saturated carbocycles. The Morgan fingerprint density at radius 1 is 0.639 bits per heavy atom. The van der Waals surface area contributed by atoms with Crippen molar-refractivity contribution < 1.29 is 66.4 Å². The van der Waals surface area contributed by atoms with Crippen LogP contribution in [-0.2, 0) is 14.3 Å². The topological polar surface area (TPSA) is 177 Å². The molecule has 0 atom stereocenters. The first-order valence-corrected chi connectivity index (χ1v) is 20.5. The fourth-order valence-corrected chi connectivity index (χ4v) is 6.07. The second-order valence-corrected chi connectivity index (χ2v) is 17.7. The maximum absolute atomic E-state index is 11.8. The molecule has 61 heavy (non-hydrogen) atoms. The molecule has 3 aliphatic rings. The van der Waals surface area contributed by atoms with Gasteiger partial charge in [0.1, 0.15) is 28.5 Å². The lowest BCUT2D eigenvalue weighted by Gasteiger charge is -2.40. The summed E-state index contributed by atoms with van der Waals surface area (Å²) < 4.78 is 57.9. The van der Waals surface area contributed by atoms with Crippen molar-refractivity contribution in [2.24, 2.45) is 0 Å². The molecule has 3 heterocycles. The van der Waals surface area contributed by atoms with E-state index in [-0.39, 0.29) is 17.8 Å². The average molecular weight is 976 g/mol. The summed E-state index contributed by atoms with van der Waals surface area (Å²) in [5, 5.41) is 27.8. The molecule has 338 valence electrons. The van der Waals surface area contributed by atoms with E-state index >= 15 is 0 Å². The van der Waals surface area contributed by atoms with Crippen molar-refractivity contribution in [2.45, 2.75) is 74.7 Å². The van der Waals surface area contributed by atoms with Crippen molar-refractivity contribution in [2.75, 3.05) is 60.6 Å². The van der Waals surface area contributed by atoms with Gasteiger partial charge in [0.2, 0.25) is 0 Å². The molecule has 4 N–H and O–H groups in total. The monoisotopic (exact) mass is 975 g/mol. The van der Waals surface area contributed by atoms with Crippen LogP contribution >= 0.6 is 22.6 Å². The Labute approximate surface area is 369 Å². The van der Waals surface area contributed by atoms with Gasteiger partial charge in [-0.2, -0.15) is 13.2 Å². The van der Waals surface area contributed by atoms with Crippen molar-refractivity contribution >= 4 is 53.3 Å². The van der Waals surface area contributed by atoms with Crippen LogP contribution in [0.5, 0.6) is 17.2 Å². The summed E-state index contributed by atoms with van der Waals surface area (Å²) in [6.07, 6.45) is -5.49. The van der Waals surface area contributed by atoms with Gasteiger partial charge >= 0.3 is 31.5 Å². The quantitative estimate of drug-likeness (QED) is 0.121. The molecule has 3 aromatic carbocycles. The molecule has 0 radical (unpaired) electrons. The van der Waals surface area contributed by atoms with E-state index in [4.69, 9.17) is 43.6 Å². The number of carbonyl (C=O) groups is 3. The number of ether oxygens (including phenoxy) is 5. The number of alkyl halides is 4. The summed E-state index contributed by atoms with van der Waals surface area (Å²) in [5.74, 6) is 0.856. The minimum absolute atomic E-state index is 0.185. The number of hydrogen-bond donors (Lipinski definition) is 4. The second kappa shape index (κ2) is 24.2. The molecule has 3 fully saturated rings. The number of benzene rings is 3. The van der Waals surface area contributed by atoms with Crippen LogP contribution in [0.15, 0.2) is 72.8 Å². The highest BCUT2D eigenvalue weighted by Crippen LogP contribution is 2.29. The predicted molar refractivity (Wildman–Crippen MR) is 234 cm³/mol. The highest BCUT2D eigenvalue weighted by Gasteiger charge is 2.38. The molecule has 3 aromatic rings. The Hall–Kier alpha value is -4.47. The Kier molecular flexibility index (Phi) is 20.9. The smallest absolute Gasteiger partial charge is 0.490 e. The highest BCUT2D eigenvalue weighted by molar-refractivity contribution is 14.1. The van der Waals surface area contributed by atoms with Crippen LogP contribution < -0.4 is 25.0 Å². The normalized spacial score (nSPS) is 15.0. The van der Waals surface area contributed by atoms with Crippen LogP contribution in [0, 0.1) is 0 Å². The zero-order chi connectivity index (χ0) is 46.1. The minimum atomic E-state index is -5.08. The Balaban J connectivity index is 0.000000272. The lowest BCUT2D eigenvalue weighted by atomic mass is 9.80. The van der Waals surface area contributed by atoms with E-state index in [9.17, 15) is 22.8 Å². The average Bonchev–Trinajstić information content (AvgIpc) is 3.12. The molecule has 0 bridgehead atoms. The first kappa shape index (κ1) is 52.7. The number of amides is 2. The van der Waals surface area contributed by atoms with Gasteiger partial charge in [0.15, 0.2) is 0 Å². The SMILES string of the molecule is CC(C)(C)OC(=O)N1CC(I)C1.COc1ccc(B(O)O)cc1.COc1ccc(C2CN(C(=O)OC(C)(C)C)C2)cc1.COc1ccc(C2CNC2)cc1.O=C(O)C(F)(F)F. The van der Waals surface area contributed by atoms with Gasteiger partial charge < -0.3 is 54.0 Å². The Morgan fingerprint density at radius 3 is 1.23 bits per heavy atom. The number of rotatable bonds is 6. The number of methoxy groups -OCH3 is 3. The van der Waals surface area contributed by atoms with Gasteiger partial charge in [0.25, 0.3) is 0 Å². The zero-order valence-corrected chi connectivity index (χ0v) is 38.2. The van der Waals surface area contributed by atoms with Crippen LogP contribution in [0.1, 0.15) is 64.5 Å². The molecule has 0 aliphatic carbocycles. The molecule has 2 amide bonds. The largest absolute Gasteiger partial charge is 0.497 e. The number of carboxylic acid groups (broad SMARTS) is 1. The molecular formula is C42H58BF3IN3O11. The van der Waals surface area contributed by atoms with E-state index in [0.717, 1.165) is 56.7 Å². The maximum Gasteiger partial charge on any atom is 0.490 e. The summed E-state index contributed by atoms with van der Waals surface area (Å²) in [4.78, 5) is 35.4. The van der Waals surface area contributed by atoms with Crippen molar-refractivity contribution in [1.29, 1.82) is 0 Å². The molecule has 0 aromatic heterocycles. The van der Waals surface area contributed by atoms with Crippen LogP contribution in [-0.4, -0.2) is 132 Å². The van der Waals surface area contributed by atoms with Gasteiger partial charge in [-0.15, -0.1) is 0 Å². The van der Waals surface area contributed by atoms with Crippen molar-refractivity contribution in [3.8, 4) is 17.2 Å². The fraction of sp³-hybridized carbons (Fsp3) is 0.500. The molecule has 19 heteroatoms. The predicted octanol–water partition coefficient (Wildman–Crippen LogP) is 6.46. The summed E-state index contributed by atoms with van der Waals surface area (Å²) in [7, 11) is 3.51. The first-order valence-electron chi connectivity index (χ1n) is 19.2. The molecule has 0 spiro atoms. The molecular weight excluding hydrogens is 917 g/mol. The van der Waals surface area contributed by atoms with E-state index < -0.39 is 24.9 Å². The maximum atomic E-state index is 11.8. The number of nitrogens with one attached hydrogen (secondary N) is 1. The summed E-state index contributed by atoms with van der Waals surface area (Å²) >= 11 is 2.33. The van der Waals surface area contributed by atoms with Gasteiger partial charge in [-0.3, -0.25) is 0 Å². The standard InChI is InChI=1S/C15H21NO3.C10H13NO.C8H14INO2.C7H9BO3.C2HF3O2/c1-15(2,3)19-14(17)16-9-12(10-16)11-5-7-13(18-4)8-6-11;1-12-10-4-2-8(3-5-10)9-6-11-7-9;1-8(2,3)12-7(11)10-4-6(9)5-10;1-11-7-4-2-6(3-5-7)8(9)10;3-2(4,5)1(6)7/h5-8,12H,9-10H2,1-4H3;2-5,9,11H,6-7H2,1H3;6H,4-5H2,1-3H3;2-5,9-10H,1H3;(H,6,7). The molecule has 6 rings (SSSR count). The van der Waals surface area contributed by atoms with Crippen LogP contribution in [0.3, 0.4) is 0 Å². The Morgan fingerprint density at radius 2 is 0.967 bits per heavy atom. The lowest BCUT2D eigenvalue weighted by Crippen LogP contribution is -2.52. The van der Waals surface area contributed by atoms with E-state index in [0.29, 0.717) is 21.1 Å². The first-order chi connectivity index (χ1) is 28.3. The number of likely N-dealkylation sites (tertiary alicyclic amines) is 2. The third kappa shape index (κ3) is 19.9. The molecule has 3 aliphatic heterocycles. The van der Waals surface area contributed by atoms with Crippen LogP contribution in [0.2, 0.25) is 0 Å². The van der Waals surface area contributed by atoms with E-state index in [2.05, 4.69) is 52.2 Å². The van der Waals surface area contributed by atoms with E-state index in [1.807, 2.05) is 65.8 Å². The van der Waals surface area contributed by atoms with Crippen LogP contribution in [0.25, 0.3) is 0 Å². The summed E-state index contributed by atoms with van der Waals surface area (Å²) in [6.45, 7) is 16.6. The highest BCUT2D eigenvalue weighted by atomic mass is 127. The van der Waals surface area contributed by atoms with Crippen molar-refractivity contribution in [3.05, 3.63) is 83.9 Å². The third-order valence-corrected chi connectivity index (χ3v) is 9.42. The van der Waals surface area contributed by atoms with Crippen molar-refractivity contribution in [1.82, 2.24) is 15.1 Å². The van der Waals surface area contributed by atoms with Gasteiger partial charge in [0.05, 0.1) is 21.3 Å². The number of carbonyl (C=O) groups excluding carboxylic acids is 2. The lowest BCUT2D eigenvalue weighted by molar-refractivity contribution is -0.192. The Bertz CT molecular complexity index is 1780. The van der Waals surface area contributed by atoms with Gasteiger partial charge in [0, 0.05) is 55.0 Å². The number of halogens is 4. The minimum Gasteiger partial charge on any atom is -0.497 e. The zero-order valence-electron chi connectivity index (χ0n) is 36.0. The number of carboxylic acids is 1. The third-order valence-electron chi connectivity index (χ3n) is 8.63.